The summed E-state index contributed by atoms with van der Waals surface area (Å²) in [6, 6.07) is 12.8. The molecule has 124 valence electrons. The molecule has 0 amide bonds. The summed E-state index contributed by atoms with van der Waals surface area (Å²) in [6.45, 7) is 6.90. The van der Waals surface area contributed by atoms with Gasteiger partial charge in [0, 0.05) is 25.3 Å². The molecule has 1 saturated heterocycles. The van der Waals surface area contributed by atoms with Gasteiger partial charge in [-0.1, -0.05) is 37.3 Å². The van der Waals surface area contributed by atoms with E-state index >= 15 is 0 Å². The molecule has 0 saturated carbocycles. The highest BCUT2D eigenvalue weighted by atomic mass is 16.5. The summed E-state index contributed by atoms with van der Waals surface area (Å²) in [5, 5.41) is 6.10. The van der Waals surface area contributed by atoms with Crippen LogP contribution in [0.1, 0.15) is 38.7 Å². The van der Waals surface area contributed by atoms with Gasteiger partial charge in [-0.05, 0) is 43.0 Å². The van der Waals surface area contributed by atoms with E-state index in [0.717, 1.165) is 31.9 Å². The lowest BCUT2D eigenvalue weighted by Gasteiger charge is -2.19. The third kappa shape index (κ3) is 4.04. The molecule has 1 heterocycles. The maximum absolute atomic E-state index is 6.15. The van der Waals surface area contributed by atoms with Crippen molar-refractivity contribution in [3.8, 4) is 5.75 Å². The van der Waals surface area contributed by atoms with Crippen molar-refractivity contribution in [3.63, 3.8) is 0 Å². The van der Waals surface area contributed by atoms with Gasteiger partial charge in [-0.2, -0.15) is 0 Å². The minimum Gasteiger partial charge on any atom is -0.490 e. The molecule has 0 bridgehead atoms. The smallest absolute Gasteiger partial charge is 0.124 e. The van der Waals surface area contributed by atoms with Crippen LogP contribution in [0.2, 0.25) is 0 Å². The van der Waals surface area contributed by atoms with Crippen LogP contribution in [0.4, 0.5) is 0 Å². The first-order chi connectivity index (χ1) is 11.3. The predicted molar refractivity (Wildman–Crippen MR) is 95.0 cm³/mol. The topological polar surface area (TPSA) is 30.5 Å². The third-order valence-corrected chi connectivity index (χ3v) is 4.60. The van der Waals surface area contributed by atoms with E-state index in [0.29, 0.717) is 6.10 Å². The molecule has 3 nitrogen and oxygen atoms in total. The van der Waals surface area contributed by atoms with Crippen LogP contribution in [0.5, 0.6) is 5.75 Å². The number of hydrogen-bond acceptors (Lipinski definition) is 3. The summed E-state index contributed by atoms with van der Waals surface area (Å²) in [7, 11) is 0. The first-order valence-corrected chi connectivity index (χ1v) is 8.77. The summed E-state index contributed by atoms with van der Waals surface area (Å²) >= 11 is 0. The normalized spacial score (nSPS) is 19.1. The maximum atomic E-state index is 6.15. The van der Waals surface area contributed by atoms with Gasteiger partial charge in [-0.25, -0.2) is 0 Å². The molecule has 1 aliphatic rings. The molecule has 2 aromatic carbocycles. The fourth-order valence-electron chi connectivity index (χ4n) is 3.07. The molecule has 3 rings (SSSR count). The lowest BCUT2D eigenvalue weighted by molar-refractivity contribution is 0.110. The van der Waals surface area contributed by atoms with Gasteiger partial charge in [0.05, 0.1) is 12.2 Å². The molecule has 0 spiro atoms. The Morgan fingerprint density at radius 1 is 1.26 bits per heavy atom. The monoisotopic (exact) mass is 313 g/mol. The van der Waals surface area contributed by atoms with Gasteiger partial charge < -0.3 is 14.8 Å². The van der Waals surface area contributed by atoms with E-state index in [1.807, 2.05) is 0 Å². The molecular weight excluding hydrogens is 286 g/mol. The van der Waals surface area contributed by atoms with Gasteiger partial charge in [0.15, 0.2) is 0 Å². The minimum atomic E-state index is 0.230. The number of benzene rings is 2. The second kappa shape index (κ2) is 7.80. The van der Waals surface area contributed by atoms with Crippen molar-refractivity contribution in [1.29, 1.82) is 0 Å². The number of ether oxygens (including phenoxy) is 2. The summed E-state index contributed by atoms with van der Waals surface area (Å²) in [5.41, 5.74) is 1.25. The standard InChI is InChI=1S/C20H27NO2/c1-3-15(2)23-20-11-10-16-7-4-5-9-18(16)19(20)14-21-13-17-8-6-12-22-17/h4-5,7,9-11,15,17,21H,3,6,8,12-14H2,1-2H3. The molecule has 2 atom stereocenters. The van der Waals surface area contributed by atoms with Gasteiger partial charge in [-0.15, -0.1) is 0 Å². The van der Waals surface area contributed by atoms with E-state index in [-0.39, 0.29) is 6.10 Å². The highest BCUT2D eigenvalue weighted by Gasteiger charge is 2.16. The second-order valence-corrected chi connectivity index (χ2v) is 6.37. The van der Waals surface area contributed by atoms with Crippen molar-refractivity contribution in [2.75, 3.05) is 13.2 Å². The largest absolute Gasteiger partial charge is 0.490 e. The fraction of sp³-hybridized carbons (Fsp3) is 0.500. The van der Waals surface area contributed by atoms with Crippen molar-refractivity contribution < 1.29 is 9.47 Å². The van der Waals surface area contributed by atoms with E-state index in [4.69, 9.17) is 9.47 Å². The Morgan fingerprint density at radius 2 is 2.13 bits per heavy atom. The molecule has 2 unspecified atom stereocenters. The average Bonchev–Trinajstić information content (AvgIpc) is 3.09. The Balaban J connectivity index is 1.79. The molecule has 1 aliphatic heterocycles. The van der Waals surface area contributed by atoms with Crippen LogP contribution in [-0.4, -0.2) is 25.4 Å². The molecule has 2 aromatic rings. The van der Waals surface area contributed by atoms with Crippen LogP contribution in [0.3, 0.4) is 0 Å². The summed E-state index contributed by atoms with van der Waals surface area (Å²) in [4.78, 5) is 0. The minimum absolute atomic E-state index is 0.230. The Labute approximate surface area is 139 Å². The highest BCUT2D eigenvalue weighted by molar-refractivity contribution is 5.87. The van der Waals surface area contributed by atoms with Crippen molar-refractivity contribution >= 4 is 10.8 Å². The van der Waals surface area contributed by atoms with Gasteiger partial charge in [0.25, 0.3) is 0 Å². The summed E-state index contributed by atoms with van der Waals surface area (Å²) < 4.78 is 11.9. The van der Waals surface area contributed by atoms with Crippen molar-refractivity contribution in [2.45, 2.75) is 51.9 Å². The first-order valence-electron chi connectivity index (χ1n) is 8.77. The SMILES string of the molecule is CCC(C)Oc1ccc2ccccc2c1CNCC1CCCO1. The predicted octanol–water partition coefficient (Wildman–Crippen LogP) is 4.29. The number of hydrogen-bond donors (Lipinski definition) is 1. The van der Waals surface area contributed by atoms with E-state index in [9.17, 15) is 0 Å². The molecular formula is C20H27NO2. The number of rotatable bonds is 7. The van der Waals surface area contributed by atoms with Crippen LogP contribution in [0, 0.1) is 0 Å². The third-order valence-electron chi connectivity index (χ3n) is 4.60. The van der Waals surface area contributed by atoms with Gasteiger partial charge in [0.2, 0.25) is 0 Å². The van der Waals surface area contributed by atoms with Crippen molar-refractivity contribution in [1.82, 2.24) is 5.32 Å². The number of fused-ring (bicyclic) bond motifs is 1. The van der Waals surface area contributed by atoms with Gasteiger partial charge >= 0.3 is 0 Å². The Kier molecular flexibility index (Phi) is 5.52. The fourth-order valence-corrected chi connectivity index (χ4v) is 3.07. The highest BCUT2D eigenvalue weighted by Crippen LogP contribution is 2.29. The molecule has 23 heavy (non-hydrogen) atoms. The van der Waals surface area contributed by atoms with Crippen LogP contribution in [0.25, 0.3) is 10.8 Å². The molecule has 0 radical (unpaired) electrons. The van der Waals surface area contributed by atoms with E-state index in [2.05, 4.69) is 55.6 Å². The summed E-state index contributed by atoms with van der Waals surface area (Å²) in [5.74, 6) is 0.998. The van der Waals surface area contributed by atoms with Crippen LogP contribution >= 0.6 is 0 Å². The zero-order chi connectivity index (χ0) is 16.1. The zero-order valence-electron chi connectivity index (χ0n) is 14.2. The average molecular weight is 313 g/mol. The van der Waals surface area contributed by atoms with Gasteiger partial charge in [-0.3, -0.25) is 0 Å². The molecule has 0 aromatic heterocycles. The quantitative estimate of drug-likeness (QED) is 0.827. The van der Waals surface area contributed by atoms with Crippen molar-refractivity contribution in [2.24, 2.45) is 0 Å². The van der Waals surface area contributed by atoms with Crippen LogP contribution < -0.4 is 10.1 Å². The Hall–Kier alpha value is -1.58. The Morgan fingerprint density at radius 3 is 2.91 bits per heavy atom. The first kappa shape index (κ1) is 16.3. The molecule has 1 N–H and O–H groups in total. The van der Waals surface area contributed by atoms with E-state index in [1.54, 1.807) is 0 Å². The van der Waals surface area contributed by atoms with E-state index in [1.165, 1.54) is 29.2 Å². The lowest BCUT2D eigenvalue weighted by Crippen LogP contribution is -2.26. The van der Waals surface area contributed by atoms with E-state index < -0.39 is 0 Å². The molecule has 1 fully saturated rings. The molecule has 0 aliphatic carbocycles. The number of nitrogens with one attached hydrogen (secondary N) is 1. The summed E-state index contributed by atoms with van der Waals surface area (Å²) in [6.07, 6.45) is 3.95. The second-order valence-electron chi connectivity index (χ2n) is 6.37. The van der Waals surface area contributed by atoms with Crippen LogP contribution in [-0.2, 0) is 11.3 Å². The Bertz CT molecular complexity index is 635. The lowest BCUT2D eigenvalue weighted by atomic mass is 10.0. The zero-order valence-corrected chi connectivity index (χ0v) is 14.2. The maximum Gasteiger partial charge on any atom is 0.124 e. The molecule has 3 heteroatoms. The van der Waals surface area contributed by atoms with Crippen molar-refractivity contribution in [3.05, 3.63) is 42.0 Å². The van der Waals surface area contributed by atoms with Gasteiger partial charge in [0.1, 0.15) is 5.75 Å². The van der Waals surface area contributed by atoms with Crippen LogP contribution in [0.15, 0.2) is 36.4 Å².